The molecule has 0 amide bonds. The zero-order valence-electron chi connectivity index (χ0n) is 18.6. The number of nitro benzene ring substituents is 1. The lowest BCUT2D eigenvalue weighted by Gasteiger charge is -2.30. The van der Waals surface area contributed by atoms with Gasteiger partial charge in [0.1, 0.15) is 11.9 Å². The average molecular weight is 477 g/mol. The molecule has 1 aromatic heterocycles. The van der Waals surface area contributed by atoms with E-state index in [0.717, 1.165) is 12.1 Å². The molecule has 0 aliphatic carbocycles. The van der Waals surface area contributed by atoms with Crippen LogP contribution in [0.5, 0.6) is 5.75 Å². The van der Waals surface area contributed by atoms with Crippen molar-refractivity contribution >= 4 is 11.8 Å². The zero-order valence-corrected chi connectivity index (χ0v) is 18.6. The molecule has 0 aliphatic rings. The van der Waals surface area contributed by atoms with Crippen molar-refractivity contribution in [1.29, 1.82) is 0 Å². The third-order valence-electron chi connectivity index (χ3n) is 4.97. The van der Waals surface area contributed by atoms with Crippen molar-refractivity contribution in [3.05, 3.63) is 76.7 Å². The normalized spacial score (nSPS) is 12.8. The van der Waals surface area contributed by atoms with Gasteiger partial charge >= 0.3 is 12.3 Å². The van der Waals surface area contributed by atoms with Crippen molar-refractivity contribution in [3.8, 4) is 17.0 Å². The summed E-state index contributed by atoms with van der Waals surface area (Å²) >= 11 is 0. The molecule has 180 valence electrons. The average Bonchev–Trinajstić information content (AvgIpc) is 3.21. The molecular formula is C23H22F3N3O5. The SMILES string of the molecule is CC(C)(C)C(Cn1cnc(-c2ccc(C(F)(F)F)cc2)c1)OC(=O)Oc1ccc([N+](=O)[O-])cc1. The first kappa shape index (κ1) is 24.7. The third-order valence-corrected chi connectivity index (χ3v) is 4.97. The van der Waals surface area contributed by atoms with Crippen molar-refractivity contribution in [1.82, 2.24) is 9.55 Å². The monoisotopic (exact) mass is 477 g/mol. The van der Waals surface area contributed by atoms with Crippen LogP contribution in [0.25, 0.3) is 11.3 Å². The number of imidazole rings is 1. The fraction of sp³-hybridized carbons (Fsp3) is 0.304. The van der Waals surface area contributed by atoms with Crippen molar-refractivity contribution < 1.29 is 32.4 Å². The molecule has 11 heteroatoms. The van der Waals surface area contributed by atoms with Crippen LogP contribution in [0.15, 0.2) is 61.1 Å². The van der Waals surface area contributed by atoms with Gasteiger partial charge in [0.05, 0.1) is 29.1 Å². The van der Waals surface area contributed by atoms with Crippen LogP contribution in [0.2, 0.25) is 0 Å². The summed E-state index contributed by atoms with van der Waals surface area (Å²) in [7, 11) is 0. The van der Waals surface area contributed by atoms with Gasteiger partial charge in [-0.05, 0) is 24.3 Å². The molecule has 0 spiro atoms. The molecule has 1 heterocycles. The highest BCUT2D eigenvalue weighted by atomic mass is 19.4. The Bertz CT molecular complexity index is 1150. The number of alkyl halides is 3. The van der Waals surface area contributed by atoms with Crippen LogP contribution in [-0.2, 0) is 17.5 Å². The van der Waals surface area contributed by atoms with Crippen LogP contribution in [0.4, 0.5) is 23.7 Å². The predicted octanol–water partition coefficient (Wildman–Crippen LogP) is 6.11. The van der Waals surface area contributed by atoms with E-state index in [4.69, 9.17) is 9.47 Å². The summed E-state index contributed by atoms with van der Waals surface area (Å²) in [5.74, 6) is 0.0930. The van der Waals surface area contributed by atoms with E-state index in [2.05, 4.69) is 4.98 Å². The Morgan fingerprint density at radius 1 is 1.09 bits per heavy atom. The number of carbonyl (C=O) groups is 1. The van der Waals surface area contributed by atoms with E-state index < -0.39 is 34.3 Å². The van der Waals surface area contributed by atoms with Crippen LogP contribution in [0, 0.1) is 15.5 Å². The van der Waals surface area contributed by atoms with Crippen molar-refractivity contribution in [3.63, 3.8) is 0 Å². The van der Waals surface area contributed by atoms with E-state index in [0.29, 0.717) is 11.3 Å². The molecule has 0 saturated heterocycles. The molecule has 34 heavy (non-hydrogen) atoms. The predicted molar refractivity (Wildman–Crippen MR) is 116 cm³/mol. The van der Waals surface area contributed by atoms with Gasteiger partial charge in [-0.15, -0.1) is 0 Å². The summed E-state index contributed by atoms with van der Waals surface area (Å²) in [6.07, 6.45) is -2.90. The molecule has 0 radical (unpaired) electrons. The fourth-order valence-electron chi connectivity index (χ4n) is 2.99. The Kier molecular flexibility index (Phi) is 6.94. The van der Waals surface area contributed by atoms with E-state index in [9.17, 15) is 28.1 Å². The Labute approximate surface area is 193 Å². The summed E-state index contributed by atoms with van der Waals surface area (Å²) in [6, 6.07) is 9.66. The minimum atomic E-state index is -4.42. The van der Waals surface area contributed by atoms with Crippen LogP contribution >= 0.6 is 0 Å². The maximum Gasteiger partial charge on any atom is 0.514 e. The number of hydrogen-bond donors (Lipinski definition) is 0. The maximum absolute atomic E-state index is 12.8. The highest BCUT2D eigenvalue weighted by Gasteiger charge is 2.31. The van der Waals surface area contributed by atoms with Gasteiger partial charge in [0.15, 0.2) is 0 Å². The summed E-state index contributed by atoms with van der Waals surface area (Å²) in [5.41, 5.74) is -0.402. The molecule has 1 unspecified atom stereocenters. The summed E-state index contributed by atoms with van der Waals surface area (Å²) < 4.78 is 50.6. The molecule has 0 N–H and O–H groups in total. The van der Waals surface area contributed by atoms with Crippen LogP contribution in [0.3, 0.4) is 0 Å². The van der Waals surface area contributed by atoms with Crippen LogP contribution < -0.4 is 4.74 Å². The van der Waals surface area contributed by atoms with Crippen molar-refractivity contribution in [2.75, 3.05) is 0 Å². The molecular weight excluding hydrogens is 455 g/mol. The lowest BCUT2D eigenvalue weighted by molar-refractivity contribution is -0.384. The Morgan fingerprint density at radius 3 is 2.24 bits per heavy atom. The number of rotatable bonds is 6. The van der Waals surface area contributed by atoms with Crippen LogP contribution in [0.1, 0.15) is 26.3 Å². The fourth-order valence-corrected chi connectivity index (χ4v) is 2.99. The van der Waals surface area contributed by atoms with Crippen molar-refractivity contribution in [2.45, 2.75) is 39.6 Å². The number of nitrogens with zero attached hydrogens (tertiary/aromatic N) is 3. The van der Waals surface area contributed by atoms with E-state index >= 15 is 0 Å². The maximum atomic E-state index is 12.8. The number of carbonyl (C=O) groups excluding carboxylic acids is 1. The summed E-state index contributed by atoms with van der Waals surface area (Å²) in [5, 5.41) is 10.7. The molecule has 0 saturated carbocycles. The van der Waals surface area contributed by atoms with Gasteiger partial charge in [-0.2, -0.15) is 13.2 Å². The minimum absolute atomic E-state index is 0.0930. The van der Waals surface area contributed by atoms with Gasteiger partial charge in [0.25, 0.3) is 5.69 Å². The van der Waals surface area contributed by atoms with Gasteiger partial charge in [0, 0.05) is 29.3 Å². The number of benzene rings is 2. The standard InChI is InChI=1S/C23H22F3N3O5/c1-22(2,3)20(34-21(30)33-18-10-8-17(9-11-18)29(31)32)13-28-12-19(27-14-28)15-4-6-16(7-5-15)23(24,25)26/h4-12,14,20H,13H2,1-3H3. The second-order valence-corrected chi connectivity index (χ2v) is 8.61. The van der Waals surface area contributed by atoms with Gasteiger partial charge in [-0.1, -0.05) is 32.9 Å². The smallest absolute Gasteiger partial charge is 0.428 e. The van der Waals surface area contributed by atoms with Gasteiger partial charge in [-0.3, -0.25) is 10.1 Å². The van der Waals surface area contributed by atoms with E-state index in [1.165, 1.54) is 42.7 Å². The first-order valence-electron chi connectivity index (χ1n) is 10.2. The minimum Gasteiger partial charge on any atom is -0.428 e. The van der Waals surface area contributed by atoms with E-state index in [-0.39, 0.29) is 18.0 Å². The second kappa shape index (κ2) is 9.54. The topological polar surface area (TPSA) is 96.5 Å². The summed E-state index contributed by atoms with van der Waals surface area (Å²) in [4.78, 5) is 26.7. The number of ether oxygens (including phenoxy) is 2. The van der Waals surface area contributed by atoms with Gasteiger partial charge in [-0.25, -0.2) is 9.78 Å². The molecule has 0 aliphatic heterocycles. The Hall–Kier alpha value is -3.89. The van der Waals surface area contributed by atoms with Crippen LogP contribution in [-0.4, -0.2) is 26.7 Å². The lowest BCUT2D eigenvalue weighted by atomic mass is 9.89. The second-order valence-electron chi connectivity index (χ2n) is 8.61. The number of hydrogen-bond acceptors (Lipinski definition) is 6. The molecule has 0 fully saturated rings. The molecule has 1 atom stereocenters. The van der Waals surface area contributed by atoms with Gasteiger partial charge < -0.3 is 14.0 Å². The van der Waals surface area contributed by atoms with Crippen molar-refractivity contribution in [2.24, 2.45) is 5.41 Å². The number of non-ortho nitro benzene ring substituents is 1. The van der Waals surface area contributed by atoms with E-state index in [1.807, 2.05) is 20.8 Å². The Morgan fingerprint density at radius 2 is 1.71 bits per heavy atom. The summed E-state index contributed by atoms with van der Waals surface area (Å²) in [6.45, 7) is 5.81. The lowest BCUT2D eigenvalue weighted by Crippen LogP contribution is -2.36. The van der Waals surface area contributed by atoms with Gasteiger partial charge in [0.2, 0.25) is 0 Å². The highest BCUT2D eigenvalue weighted by Crippen LogP contribution is 2.31. The molecule has 0 bridgehead atoms. The highest BCUT2D eigenvalue weighted by molar-refractivity contribution is 5.64. The zero-order chi connectivity index (χ0) is 25.1. The Balaban J connectivity index is 1.68. The molecule has 3 aromatic rings. The first-order chi connectivity index (χ1) is 15.8. The molecule has 8 nitrogen and oxygen atoms in total. The van der Waals surface area contributed by atoms with E-state index in [1.54, 1.807) is 10.8 Å². The largest absolute Gasteiger partial charge is 0.514 e. The quantitative estimate of drug-likeness (QED) is 0.184. The first-order valence-corrected chi connectivity index (χ1v) is 10.2. The third kappa shape index (κ3) is 6.33. The molecule has 3 rings (SSSR count). The number of halogens is 3. The number of aromatic nitrogens is 2. The number of nitro groups is 1. The molecule has 2 aromatic carbocycles.